The van der Waals surface area contributed by atoms with Crippen molar-refractivity contribution >= 4 is 39.2 Å². The smallest absolute Gasteiger partial charge is 0.311 e. The lowest BCUT2D eigenvalue weighted by molar-refractivity contribution is -0.385. The molecular weight excluding hydrogens is 432 g/mol. The number of phenols is 1. The summed E-state index contributed by atoms with van der Waals surface area (Å²) in [5.41, 5.74) is -0.462. The monoisotopic (exact) mass is 458 g/mol. The Hall–Kier alpha value is -1.98. The van der Waals surface area contributed by atoms with Crippen LogP contribution < -0.4 is 5.32 Å². The molecule has 1 heterocycles. The van der Waals surface area contributed by atoms with Gasteiger partial charge < -0.3 is 19.9 Å². The van der Waals surface area contributed by atoms with Crippen LogP contribution in [0.15, 0.2) is 18.2 Å². The van der Waals surface area contributed by atoms with E-state index in [1.165, 1.54) is 18.2 Å². The second kappa shape index (κ2) is 13.3. The zero-order valence-electron chi connectivity index (χ0n) is 16.5. The van der Waals surface area contributed by atoms with E-state index in [-0.39, 0.29) is 37.9 Å². The highest BCUT2D eigenvalue weighted by Crippen LogP contribution is 2.39. The average molecular weight is 459 g/mol. The lowest BCUT2D eigenvalue weighted by atomic mass is 10.1. The van der Waals surface area contributed by atoms with Crippen LogP contribution in [-0.2, 0) is 14.3 Å². The zero-order chi connectivity index (χ0) is 21.8. The number of aromatic hydroxyl groups is 1. The molecule has 0 saturated carbocycles. The first kappa shape index (κ1) is 24.3. The zero-order valence-corrected chi connectivity index (χ0v) is 18.2. The van der Waals surface area contributed by atoms with Crippen molar-refractivity contribution < 1.29 is 29.1 Å². The first-order valence-electron chi connectivity index (χ1n) is 9.74. The van der Waals surface area contributed by atoms with E-state index < -0.39 is 22.3 Å². The third-order valence-electron chi connectivity index (χ3n) is 4.34. The van der Waals surface area contributed by atoms with Crippen molar-refractivity contribution in [2.24, 2.45) is 0 Å². The van der Waals surface area contributed by atoms with Crippen molar-refractivity contribution in [1.29, 1.82) is 0 Å². The molecule has 0 bridgehead atoms. The van der Waals surface area contributed by atoms with Gasteiger partial charge in [-0.2, -0.15) is 0 Å². The Morgan fingerprint density at radius 1 is 1.27 bits per heavy atom. The molecule has 0 spiro atoms. The molecule has 0 radical (unpaired) electrons. The van der Waals surface area contributed by atoms with Gasteiger partial charge in [-0.15, -0.1) is 0 Å². The number of nitro groups is 1. The number of ether oxygens (including phenoxy) is 2. The van der Waals surface area contributed by atoms with Crippen LogP contribution in [0.25, 0.3) is 0 Å². The largest absolute Gasteiger partial charge is 0.502 e. The SMILES string of the molecule is O=C(CCCCC1CCSS1)OCCOCCNC(=O)c1ccc(O)c([N+](=O)[O-])c1. The van der Waals surface area contributed by atoms with Crippen molar-refractivity contribution in [1.82, 2.24) is 5.32 Å². The van der Waals surface area contributed by atoms with Crippen molar-refractivity contribution in [3.8, 4) is 5.75 Å². The first-order chi connectivity index (χ1) is 14.5. The van der Waals surface area contributed by atoms with Crippen molar-refractivity contribution in [3.05, 3.63) is 33.9 Å². The van der Waals surface area contributed by atoms with Crippen LogP contribution in [0.5, 0.6) is 5.75 Å². The molecule has 1 atom stereocenters. The number of nitrogens with one attached hydrogen (secondary N) is 1. The molecule has 1 aromatic rings. The molecule has 9 nitrogen and oxygen atoms in total. The Morgan fingerprint density at radius 3 is 2.83 bits per heavy atom. The fraction of sp³-hybridized carbons (Fsp3) is 0.579. The van der Waals surface area contributed by atoms with E-state index in [1.807, 2.05) is 21.6 Å². The third-order valence-corrected chi connectivity index (χ3v) is 7.35. The van der Waals surface area contributed by atoms with Gasteiger partial charge in [-0.3, -0.25) is 19.7 Å². The molecule has 0 aliphatic carbocycles. The number of amides is 1. The van der Waals surface area contributed by atoms with Gasteiger partial charge >= 0.3 is 11.7 Å². The molecule has 1 amide bonds. The maximum Gasteiger partial charge on any atom is 0.311 e. The summed E-state index contributed by atoms with van der Waals surface area (Å²) >= 11 is 0. The van der Waals surface area contributed by atoms with Crippen molar-refractivity contribution in [2.45, 2.75) is 37.4 Å². The quantitative estimate of drug-likeness (QED) is 0.150. The van der Waals surface area contributed by atoms with Crippen molar-refractivity contribution in [3.63, 3.8) is 0 Å². The Bertz CT molecular complexity index is 727. The molecule has 2 rings (SSSR count). The van der Waals surface area contributed by atoms with E-state index in [4.69, 9.17) is 9.47 Å². The number of nitro benzene ring substituents is 1. The molecule has 1 aromatic carbocycles. The number of hydrogen-bond donors (Lipinski definition) is 2. The predicted octanol–water partition coefficient (Wildman–Crippen LogP) is 3.30. The van der Waals surface area contributed by atoms with Crippen LogP contribution in [0.3, 0.4) is 0 Å². The molecule has 2 N–H and O–H groups in total. The number of unbranched alkanes of at least 4 members (excludes halogenated alkanes) is 1. The van der Waals surface area contributed by atoms with Crippen molar-refractivity contribution in [2.75, 3.05) is 32.1 Å². The average Bonchev–Trinajstić information content (AvgIpc) is 3.24. The minimum absolute atomic E-state index is 0.0682. The van der Waals surface area contributed by atoms with Crippen LogP contribution in [0.1, 0.15) is 42.5 Å². The molecule has 30 heavy (non-hydrogen) atoms. The summed E-state index contributed by atoms with van der Waals surface area (Å²) in [7, 11) is 3.87. The Morgan fingerprint density at radius 2 is 2.10 bits per heavy atom. The van der Waals surface area contributed by atoms with E-state index in [1.54, 1.807) is 0 Å². The van der Waals surface area contributed by atoms with Crippen LogP contribution in [0, 0.1) is 10.1 Å². The normalized spacial score (nSPS) is 15.7. The minimum Gasteiger partial charge on any atom is -0.502 e. The van der Waals surface area contributed by atoms with Crippen LogP contribution in [0.4, 0.5) is 5.69 Å². The second-order valence-corrected chi connectivity index (χ2v) is 9.41. The molecule has 166 valence electrons. The number of carbonyl (C=O) groups excluding carboxylic acids is 2. The number of phenolic OH excluding ortho intramolecular Hbond substituents is 1. The van der Waals surface area contributed by atoms with Gasteiger partial charge in [0, 0.05) is 35.6 Å². The second-order valence-electron chi connectivity index (χ2n) is 6.62. The molecule has 0 aromatic heterocycles. The highest BCUT2D eigenvalue weighted by Gasteiger charge is 2.17. The third kappa shape index (κ3) is 8.80. The molecule has 1 saturated heterocycles. The first-order valence-corrected chi connectivity index (χ1v) is 12.1. The number of nitrogens with zero attached hydrogens (tertiary/aromatic N) is 1. The highest BCUT2D eigenvalue weighted by atomic mass is 33.1. The summed E-state index contributed by atoms with van der Waals surface area (Å²) < 4.78 is 10.4. The molecule has 1 aliphatic heterocycles. The summed E-state index contributed by atoms with van der Waals surface area (Å²) in [6.07, 6.45) is 4.69. The molecule has 11 heteroatoms. The molecule has 1 aliphatic rings. The molecule has 1 fully saturated rings. The highest BCUT2D eigenvalue weighted by molar-refractivity contribution is 8.77. The van der Waals surface area contributed by atoms with Gasteiger partial charge in [0.25, 0.3) is 5.91 Å². The summed E-state index contributed by atoms with van der Waals surface area (Å²) in [6.45, 7) is 0.785. The van der Waals surface area contributed by atoms with Gasteiger partial charge in [-0.25, -0.2) is 0 Å². The van der Waals surface area contributed by atoms with Gasteiger partial charge in [0.2, 0.25) is 0 Å². The molecular formula is C19H26N2O7S2. The summed E-state index contributed by atoms with van der Waals surface area (Å²) in [4.78, 5) is 33.7. The van der Waals surface area contributed by atoms with E-state index in [2.05, 4.69) is 5.32 Å². The number of benzene rings is 1. The predicted molar refractivity (Wildman–Crippen MR) is 116 cm³/mol. The standard InChI is InChI=1S/C19H26N2O7S2/c22-17-6-5-14(13-16(17)21(25)26)19(24)20-8-9-27-10-11-28-18(23)4-2-1-3-15-7-12-29-30-15/h5-6,13,15,22H,1-4,7-12H2,(H,20,24). The maximum atomic E-state index is 12.0. The van der Waals surface area contributed by atoms with Crippen LogP contribution >= 0.6 is 21.6 Å². The summed E-state index contributed by atoms with van der Waals surface area (Å²) in [5, 5.41) is 23.5. The van der Waals surface area contributed by atoms with E-state index in [9.17, 15) is 24.8 Å². The fourth-order valence-corrected chi connectivity index (χ4v) is 5.77. The Balaban J connectivity index is 1.48. The number of hydrogen-bond acceptors (Lipinski definition) is 9. The maximum absolute atomic E-state index is 12.0. The van der Waals surface area contributed by atoms with E-state index in [0.717, 1.165) is 36.6 Å². The number of rotatable bonds is 13. The lowest BCUT2D eigenvalue weighted by Crippen LogP contribution is -2.27. The van der Waals surface area contributed by atoms with Crippen LogP contribution in [-0.4, -0.2) is 59.3 Å². The van der Waals surface area contributed by atoms with Gasteiger partial charge in [-0.1, -0.05) is 28.0 Å². The number of esters is 1. The summed E-state index contributed by atoms with van der Waals surface area (Å²) in [5.74, 6) is -0.0150. The molecule has 1 unspecified atom stereocenters. The van der Waals surface area contributed by atoms with Gasteiger partial charge in [0.1, 0.15) is 6.61 Å². The van der Waals surface area contributed by atoms with E-state index in [0.29, 0.717) is 6.42 Å². The van der Waals surface area contributed by atoms with E-state index >= 15 is 0 Å². The minimum atomic E-state index is -0.760. The Labute approximate surface area is 182 Å². The summed E-state index contributed by atoms with van der Waals surface area (Å²) in [6, 6.07) is 3.41. The number of carbonyl (C=O) groups is 2. The lowest BCUT2D eigenvalue weighted by Gasteiger charge is -2.08. The van der Waals surface area contributed by atoms with Crippen LogP contribution in [0.2, 0.25) is 0 Å². The van der Waals surface area contributed by atoms with Gasteiger partial charge in [0.05, 0.1) is 18.1 Å². The Kier molecular flexibility index (Phi) is 10.8. The van der Waals surface area contributed by atoms with Gasteiger partial charge in [0.15, 0.2) is 5.75 Å². The van der Waals surface area contributed by atoms with Gasteiger partial charge in [-0.05, 0) is 31.4 Å². The fourth-order valence-electron chi connectivity index (χ4n) is 2.74. The topological polar surface area (TPSA) is 128 Å².